The zero-order chi connectivity index (χ0) is 28.1. The SMILES string of the molecule is Cc1cc(OC[C@H](C)c2ccccc2)cn2nc(C(O)CN3CC4(CN(c5nccn6cnnc56)C4)NC3=O)nc12. The van der Waals surface area contributed by atoms with Crippen molar-refractivity contribution >= 4 is 23.1 Å². The molecule has 0 saturated carbocycles. The van der Waals surface area contributed by atoms with Crippen LogP contribution in [-0.2, 0) is 0 Å². The van der Waals surface area contributed by atoms with Gasteiger partial charge in [-0.1, -0.05) is 37.3 Å². The Morgan fingerprint density at radius 2 is 2.00 bits per heavy atom. The van der Waals surface area contributed by atoms with E-state index < -0.39 is 11.6 Å². The summed E-state index contributed by atoms with van der Waals surface area (Å²) in [4.78, 5) is 25.6. The molecule has 1 unspecified atom stereocenters. The van der Waals surface area contributed by atoms with E-state index in [4.69, 9.17) is 4.74 Å². The molecule has 1 spiro atoms. The molecule has 0 bridgehead atoms. The molecule has 2 aliphatic heterocycles. The molecule has 0 aliphatic carbocycles. The van der Waals surface area contributed by atoms with Gasteiger partial charge in [-0.2, -0.15) is 0 Å². The van der Waals surface area contributed by atoms with Crippen molar-refractivity contribution in [3.05, 3.63) is 78.3 Å². The summed E-state index contributed by atoms with van der Waals surface area (Å²) in [6.07, 6.45) is 5.86. The molecular weight excluding hydrogens is 524 g/mol. The minimum Gasteiger partial charge on any atom is -0.491 e. The van der Waals surface area contributed by atoms with Crippen molar-refractivity contribution in [1.29, 1.82) is 0 Å². The lowest BCUT2D eigenvalue weighted by atomic mass is 9.90. The van der Waals surface area contributed by atoms with Crippen LogP contribution in [0.1, 0.15) is 35.9 Å². The number of carbonyl (C=O) groups is 1. The number of aliphatic hydroxyl groups excluding tert-OH is 1. The molecule has 6 heterocycles. The molecule has 13 nitrogen and oxygen atoms in total. The topological polar surface area (TPSA) is 138 Å². The van der Waals surface area contributed by atoms with Crippen LogP contribution in [-0.4, -0.2) is 88.5 Å². The van der Waals surface area contributed by atoms with Gasteiger partial charge in [0.05, 0.1) is 24.9 Å². The number of fused-ring (bicyclic) bond motifs is 2. The number of anilines is 1. The van der Waals surface area contributed by atoms with E-state index in [-0.39, 0.29) is 24.3 Å². The summed E-state index contributed by atoms with van der Waals surface area (Å²) in [5, 5.41) is 26.7. The number of amides is 2. The molecule has 2 N–H and O–H groups in total. The normalized spacial score (nSPS) is 17.7. The monoisotopic (exact) mass is 554 g/mol. The second kappa shape index (κ2) is 9.70. The van der Waals surface area contributed by atoms with Gasteiger partial charge in [-0.25, -0.2) is 19.3 Å². The molecule has 7 rings (SSSR count). The Morgan fingerprint density at radius 1 is 1.17 bits per heavy atom. The second-order valence-corrected chi connectivity index (χ2v) is 11.0. The quantitative estimate of drug-likeness (QED) is 0.295. The Balaban J connectivity index is 0.999. The highest BCUT2D eigenvalue weighted by Crippen LogP contribution is 2.33. The van der Waals surface area contributed by atoms with Crippen LogP contribution >= 0.6 is 0 Å². The summed E-state index contributed by atoms with van der Waals surface area (Å²) in [6, 6.07) is 11.9. The van der Waals surface area contributed by atoms with Crippen molar-refractivity contribution < 1.29 is 14.6 Å². The van der Waals surface area contributed by atoms with Gasteiger partial charge in [0.1, 0.15) is 18.2 Å². The van der Waals surface area contributed by atoms with Crippen LogP contribution in [0.15, 0.2) is 61.3 Å². The molecule has 2 aliphatic rings. The third-order valence-electron chi connectivity index (χ3n) is 7.81. The van der Waals surface area contributed by atoms with Gasteiger partial charge in [0, 0.05) is 37.9 Å². The van der Waals surface area contributed by atoms with Crippen LogP contribution in [0, 0.1) is 6.92 Å². The van der Waals surface area contributed by atoms with Gasteiger partial charge in [0.15, 0.2) is 17.3 Å². The van der Waals surface area contributed by atoms with Crippen LogP contribution in [0.5, 0.6) is 5.75 Å². The van der Waals surface area contributed by atoms with Gasteiger partial charge in [-0.3, -0.25) is 4.40 Å². The Morgan fingerprint density at radius 3 is 2.83 bits per heavy atom. The van der Waals surface area contributed by atoms with Crippen LogP contribution in [0.4, 0.5) is 10.6 Å². The molecule has 5 aromatic rings. The zero-order valence-corrected chi connectivity index (χ0v) is 22.8. The average Bonchev–Trinajstić information content (AvgIpc) is 3.69. The summed E-state index contributed by atoms with van der Waals surface area (Å²) in [5.74, 6) is 1.89. The third-order valence-corrected chi connectivity index (χ3v) is 7.81. The van der Waals surface area contributed by atoms with Gasteiger partial charge < -0.3 is 25.0 Å². The lowest BCUT2D eigenvalue weighted by Gasteiger charge is -2.47. The molecule has 41 heavy (non-hydrogen) atoms. The third kappa shape index (κ3) is 4.57. The molecular formula is C28H30N10O3. The molecule has 2 atom stereocenters. The summed E-state index contributed by atoms with van der Waals surface area (Å²) in [7, 11) is 0. The van der Waals surface area contributed by atoms with Crippen LogP contribution in [0.2, 0.25) is 0 Å². The van der Waals surface area contributed by atoms with Gasteiger partial charge >= 0.3 is 6.03 Å². The number of ether oxygens (including phenoxy) is 1. The minimum atomic E-state index is -1.04. The number of benzene rings is 1. The highest BCUT2D eigenvalue weighted by atomic mass is 16.5. The van der Waals surface area contributed by atoms with E-state index in [1.54, 1.807) is 34.3 Å². The van der Waals surface area contributed by atoms with Gasteiger partial charge in [0.25, 0.3) is 0 Å². The standard InChI is InChI=1S/C28H30N10O3/c1-18-10-21(41-13-19(2)20-6-4-3-5-7-20)11-38-24(18)31-23(34-38)22(39)12-36-14-28(32-27(36)40)15-37(16-28)25-26-33-30-17-35(26)9-8-29-25/h3-11,17,19,22,39H,12-16H2,1-2H3,(H,32,40)/t19-,22?/m0/s1. The molecule has 13 heteroatoms. The Labute approximate surface area is 235 Å². The molecule has 1 aromatic carbocycles. The average molecular weight is 555 g/mol. The number of aromatic nitrogens is 7. The highest BCUT2D eigenvalue weighted by Gasteiger charge is 2.52. The second-order valence-electron chi connectivity index (χ2n) is 11.0. The molecule has 2 saturated heterocycles. The number of hydrogen-bond donors (Lipinski definition) is 2. The first-order valence-corrected chi connectivity index (χ1v) is 13.6. The fourth-order valence-electron chi connectivity index (χ4n) is 5.66. The Hall–Kier alpha value is -4.78. The first-order chi connectivity index (χ1) is 19.9. The van der Waals surface area contributed by atoms with E-state index in [0.29, 0.717) is 43.3 Å². The van der Waals surface area contributed by atoms with Gasteiger partial charge in [-0.15, -0.1) is 15.3 Å². The number of nitrogens with zero attached hydrogens (tertiary/aromatic N) is 9. The van der Waals surface area contributed by atoms with Crippen molar-refractivity contribution in [3.63, 3.8) is 0 Å². The smallest absolute Gasteiger partial charge is 0.318 e. The molecule has 2 amide bonds. The number of urea groups is 1. The Bertz CT molecular complexity index is 1730. The summed E-state index contributed by atoms with van der Waals surface area (Å²) < 4.78 is 9.52. The lowest BCUT2D eigenvalue weighted by molar-refractivity contribution is 0.120. The van der Waals surface area contributed by atoms with Crippen molar-refractivity contribution in [3.8, 4) is 5.75 Å². The summed E-state index contributed by atoms with van der Waals surface area (Å²) in [6.45, 7) is 6.29. The van der Waals surface area contributed by atoms with E-state index in [0.717, 1.165) is 11.4 Å². The van der Waals surface area contributed by atoms with E-state index in [1.807, 2.05) is 35.6 Å². The number of aliphatic hydroxyl groups is 1. The van der Waals surface area contributed by atoms with Crippen LogP contribution < -0.4 is 15.0 Å². The number of nitrogens with one attached hydrogen (secondary N) is 1. The molecule has 210 valence electrons. The highest BCUT2D eigenvalue weighted by molar-refractivity contribution is 5.80. The van der Waals surface area contributed by atoms with E-state index >= 15 is 0 Å². The largest absolute Gasteiger partial charge is 0.491 e. The summed E-state index contributed by atoms with van der Waals surface area (Å²) >= 11 is 0. The molecule has 4 aromatic heterocycles. The van der Waals surface area contributed by atoms with E-state index in [9.17, 15) is 9.90 Å². The number of β-amino-alcohol motifs (C(OH)–C–C–N with tert-alkyl or cyclic N) is 1. The first kappa shape index (κ1) is 25.2. The maximum atomic E-state index is 12.8. The fourth-order valence-corrected chi connectivity index (χ4v) is 5.66. The van der Waals surface area contributed by atoms with E-state index in [2.05, 4.69) is 54.5 Å². The van der Waals surface area contributed by atoms with Crippen molar-refractivity contribution in [2.24, 2.45) is 0 Å². The molecule has 2 fully saturated rings. The first-order valence-electron chi connectivity index (χ1n) is 13.6. The van der Waals surface area contributed by atoms with Crippen molar-refractivity contribution in [2.45, 2.75) is 31.4 Å². The maximum absolute atomic E-state index is 12.8. The lowest BCUT2D eigenvalue weighted by Crippen LogP contribution is -2.69. The number of rotatable bonds is 8. The zero-order valence-electron chi connectivity index (χ0n) is 22.8. The van der Waals surface area contributed by atoms with Gasteiger partial charge in [-0.05, 0) is 24.1 Å². The van der Waals surface area contributed by atoms with E-state index in [1.165, 1.54) is 5.56 Å². The summed E-state index contributed by atoms with van der Waals surface area (Å²) in [5.41, 5.74) is 2.98. The Kier molecular flexibility index (Phi) is 5.96. The number of carbonyl (C=O) groups excluding carboxylic acids is 1. The van der Waals surface area contributed by atoms with Crippen molar-refractivity contribution in [2.75, 3.05) is 37.7 Å². The number of hydrogen-bond acceptors (Lipinski definition) is 9. The van der Waals surface area contributed by atoms with Crippen molar-refractivity contribution in [1.82, 2.24) is 44.4 Å². The minimum absolute atomic E-state index is 0.0828. The number of aryl methyl sites for hydroxylation is 1. The van der Waals surface area contributed by atoms with Gasteiger partial charge in [0.2, 0.25) is 5.65 Å². The number of pyridine rings is 1. The van der Waals surface area contributed by atoms with Crippen LogP contribution in [0.25, 0.3) is 11.3 Å². The predicted molar refractivity (Wildman–Crippen MR) is 149 cm³/mol. The fraction of sp³-hybridized carbons (Fsp3) is 0.357. The predicted octanol–water partition coefficient (Wildman–Crippen LogP) is 1.98. The maximum Gasteiger partial charge on any atom is 0.318 e. The molecule has 0 radical (unpaired) electrons. The van der Waals surface area contributed by atoms with Crippen LogP contribution in [0.3, 0.4) is 0 Å².